The van der Waals surface area contributed by atoms with Gasteiger partial charge in [-0.15, -0.1) is 0 Å². The number of hydrogen-bond acceptors (Lipinski definition) is 8. The van der Waals surface area contributed by atoms with Crippen molar-refractivity contribution in [2.45, 2.75) is 44.6 Å². The van der Waals surface area contributed by atoms with E-state index in [1.165, 1.54) is 38.3 Å². The summed E-state index contributed by atoms with van der Waals surface area (Å²) in [5, 5.41) is -1.49. The number of hydrogen-bond donors (Lipinski definition) is 0. The van der Waals surface area contributed by atoms with Crippen LogP contribution in [0.2, 0.25) is 0 Å². The Morgan fingerprint density at radius 1 is 0.892 bits per heavy atom. The monoisotopic (exact) mass is 525 g/mol. The standard InChI is InChI=1S/C27H27NO8S/c1-15-19(22(30)27(2,3)4)28-23(31)21(35-5)24(28)37(33,34)26(15)36-25(32)18-13-11-17(12-14-18)20(29)16-9-7-6-8-10-16/h6-14,21,24,26H,1-5H3/t21-,24+,26?/m0/s1. The number of β-lactam (4-membered cyclic amide) rings is 1. The second kappa shape index (κ2) is 9.35. The first-order chi connectivity index (χ1) is 17.3. The summed E-state index contributed by atoms with van der Waals surface area (Å²) in [6, 6.07) is 14.2. The van der Waals surface area contributed by atoms with Crippen molar-refractivity contribution in [3.63, 3.8) is 0 Å². The Morgan fingerprint density at radius 3 is 1.97 bits per heavy atom. The second-order valence-electron chi connectivity index (χ2n) is 9.96. The van der Waals surface area contributed by atoms with Crippen molar-refractivity contribution in [1.82, 2.24) is 4.90 Å². The number of sulfone groups is 1. The van der Waals surface area contributed by atoms with Crippen LogP contribution in [0.1, 0.15) is 54.0 Å². The molecule has 37 heavy (non-hydrogen) atoms. The zero-order valence-electron chi connectivity index (χ0n) is 21.0. The van der Waals surface area contributed by atoms with E-state index in [-0.39, 0.29) is 22.6 Å². The topological polar surface area (TPSA) is 124 Å². The lowest BCUT2D eigenvalue weighted by molar-refractivity contribution is -0.161. The third kappa shape index (κ3) is 4.40. The van der Waals surface area contributed by atoms with Gasteiger partial charge in [0, 0.05) is 29.2 Å². The molecule has 0 saturated carbocycles. The fraction of sp³-hybridized carbons (Fsp3) is 0.333. The van der Waals surface area contributed by atoms with E-state index in [0.717, 1.165) is 4.90 Å². The molecule has 1 unspecified atom stereocenters. The molecule has 0 radical (unpaired) electrons. The van der Waals surface area contributed by atoms with E-state index in [1.807, 2.05) is 0 Å². The Labute approximate surface area is 215 Å². The highest BCUT2D eigenvalue weighted by atomic mass is 32.2. The molecule has 0 spiro atoms. The average molecular weight is 526 g/mol. The molecule has 1 amide bonds. The number of benzene rings is 2. The van der Waals surface area contributed by atoms with Gasteiger partial charge in [0.1, 0.15) is 0 Å². The molecule has 2 heterocycles. The molecule has 1 saturated heterocycles. The molecule has 3 atom stereocenters. The number of Topliss-reactive ketones (excluding diaryl/α,β-unsaturated/α-hetero) is 1. The van der Waals surface area contributed by atoms with Crippen molar-refractivity contribution in [3.8, 4) is 0 Å². The van der Waals surface area contributed by atoms with Crippen molar-refractivity contribution >= 4 is 33.3 Å². The van der Waals surface area contributed by atoms with E-state index in [4.69, 9.17) is 9.47 Å². The Hall–Kier alpha value is -3.63. The normalized spacial score (nSPS) is 22.7. The summed E-state index contributed by atoms with van der Waals surface area (Å²) in [5.74, 6) is -2.30. The highest BCUT2D eigenvalue weighted by Crippen LogP contribution is 2.43. The number of ether oxygens (including phenoxy) is 2. The minimum Gasteiger partial charge on any atom is -0.438 e. The highest BCUT2D eigenvalue weighted by Gasteiger charge is 2.64. The van der Waals surface area contributed by atoms with Crippen LogP contribution in [0.3, 0.4) is 0 Å². The lowest BCUT2D eigenvalue weighted by Gasteiger charge is -2.50. The molecule has 2 aliphatic heterocycles. The number of carbonyl (C=O) groups is 4. The van der Waals surface area contributed by atoms with Gasteiger partial charge in [-0.2, -0.15) is 0 Å². The molecule has 9 nitrogen and oxygen atoms in total. The SMILES string of the molecule is CO[C@H]1C(=O)N2C(C(=O)C(C)(C)C)=C(C)C(OC(=O)c3ccc(C(=O)c4ccccc4)cc3)S(=O)(=O)[C@H]12. The highest BCUT2D eigenvalue weighted by molar-refractivity contribution is 7.93. The number of fused-ring (bicyclic) bond motifs is 1. The Morgan fingerprint density at radius 2 is 1.43 bits per heavy atom. The summed E-state index contributed by atoms with van der Waals surface area (Å²) >= 11 is 0. The number of amides is 1. The molecule has 0 bridgehead atoms. The number of carbonyl (C=O) groups excluding carboxylic acids is 4. The lowest BCUT2D eigenvalue weighted by atomic mass is 9.85. The van der Waals surface area contributed by atoms with Crippen LogP contribution < -0.4 is 0 Å². The van der Waals surface area contributed by atoms with Crippen LogP contribution in [0.25, 0.3) is 0 Å². The first-order valence-electron chi connectivity index (χ1n) is 11.6. The number of allylic oxidation sites excluding steroid dienone is 1. The van der Waals surface area contributed by atoms with Gasteiger partial charge < -0.3 is 9.47 Å². The number of esters is 1. The summed E-state index contributed by atoms with van der Waals surface area (Å²) < 4.78 is 37.4. The number of ketones is 2. The molecular formula is C27H27NO8S. The quantitative estimate of drug-likeness (QED) is 0.320. The fourth-order valence-corrected chi connectivity index (χ4v) is 6.52. The number of rotatable bonds is 6. The lowest BCUT2D eigenvalue weighted by Crippen LogP contribution is -2.72. The largest absolute Gasteiger partial charge is 0.438 e. The second-order valence-corrected chi connectivity index (χ2v) is 12.1. The van der Waals surface area contributed by atoms with Gasteiger partial charge in [0.25, 0.3) is 5.91 Å². The predicted molar refractivity (Wildman–Crippen MR) is 133 cm³/mol. The van der Waals surface area contributed by atoms with Crippen LogP contribution >= 0.6 is 0 Å². The van der Waals surface area contributed by atoms with Crippen molar-refractivity contribution in [2.24, 2.45) is 5.41 Å². The van der Waals surface area contributed by atoms with Crippen LogP contribution in [0.15, 0.2) is 65.9 Å². The van der Waals surface area contributed by atoms with Gasteiger partial charge in [0.15, 0.2) is 23.0 Å². The molecule has 4 rings (SSSR count). The molecule has 0 aromatic heterocycles. The van der Waals surface area contributed by atoms with Gasteiger partial charge in [0.05, 0.1) is 11.3 Å². The molecule has 2 aliphatic rings. The number of nitrogens with zero attached hydrogens (tertiary/aromatic N) is 1. The van der Waals surface area contributed by atoms with Gasteiger partial charge in [-0.1, -0.05) is 63.2 Å². The Balaban J connectivity index is 1.67. The molecule has 2 aromatic carbocycles. The fourth-order valence-electron chi connectivity index (χ4n) is 4.36. The van der Waals surface area contributed by atoms with Crippen LogP contribution in [0.5, 0.6) is 0 Å². The van der Waals surface area contributed by atoms with Crippen LogP contribution in [-0.4, -0.2) is 60.8 Å². The number of methoxy groups -OCH3 is 1. The van der Waals surface area contributed by atoms with Crippen LogP contribution in [0, 0.1) is 5.41 Å². The van der Waals surface area contributed by atoms with Crippen molar-refractivity contribution in [3.05, 3.63) is 82.6 Å². The van der Waals surface area contributed by atoms with Gasteiger partial charge in [-0.05, 0) is 19.1 Å². The maximum atomic E-state index is 13.4. The summed E-state index contributed by atoms with van der Waals surface area (Å²) in [6.07, 6.45) is -1.31. The first-order valence-corrected chi connectivity index (χ1v) is 13.2. The summed E-state index contributed by atoms with van der Waals surface area (Å²) in [6.45, 7) is 6.29. The van der Waals surface area contributed by atoms with Crippen molar-refractivity contribution in [1.29, 1.82) is 0 Å². The first kappa shape index (κ1) is 26.4. The van der Waals surface area contributed by atoms with Gasteiger partial charge in [-0.25, -0.2) is 13.2 Å². The van der Waals surface area contributed by atoms with Crippen molar-refractivity contribution in [2.75, 3.05) is 7.11 Å². The maximum absolute atomic E-state index is 13.4. The Bertz CT molecular complexity index is 1420. The smallest absolute Gasteiger partial charge is 0.339 e. The third-order valence-corrected chi connectivity index (χ3v) is 8.56. The van der Waals surface area contributed by atoms with E-state index < -0.39 is 49.8 Å². The van der Waals surface area contributed by atoms with Crippen LogP contribution in [-0.2, 0) is 28.9 Å². The zero-order chi connectivity index (χ0) is 27.3. The van der Waals surface area contributed by atoms with Crippen LogP contribution in [0.4, 0.5) is 0 Å². The van der Waals surface area contributed by atoms with E-state index in [9.17, 15) is 27.6 Å². The third-order valence-electron chi connectivity index (χ3n) is 6.38. The minimum absolute atomic E-state index is 0.0201. The molecule has 1 fully saturated rings. The van der Waals surface area contributed by atoms with Gasteiger partial charge >= 0.3 is 5.97 Å². The molecule has 10 heteroatoms. The molecular weight excluding hydrogens is 498 g/mol. The molecule has 194 valence electrons. The van der Waals surface area contributed by atoms with Crippen molar-refractivity contribution < 1.29 is 37.1 Å². The van der Waals surface area contributed by atoms with Gasteiger partial charge in [0.2, 0.25) is 15.3 Å². The summed E-state index contributed by atoms with van der Waals surface area (Å²) in [4.78, 5) is 52.5. The molecule has 0 N–H and O–H groups in total. The summed E-state index contributed by atoms with van der Waals surface area (Å²) in [5.41, 5.74) is -2.04. The minimum atomic E-state index is -4.31. The average Bonchev–Trinajstić information content (AvgIpc) is 2.86. The molecule has 2 aromatic rings. The molecule has 0 aliphatic carbocycles. The maximum Gasteiger partial charge on any atom is 0.339 e. The zero-order valence-corrected chi connectivity index (χ0v) is 21.9. The van der Waals surface area contributed by atoms with E-state index in [2.05, 4.69) is 0 Å². The van der Waals surface area contributed by atoms with E-state index in [0.29, 0.717) is 11.1 Å². The Kier molecular flexibility index (Phi) is 6.68. The predicted octanol–water partition coefficient (Wildman–Crippen LogP) is 2.90. The van der Waals surface area contributed by atoms with Gasteiger partial charge in [-0.3, -0.25) is 19.3 Å². The van der Waals surface area contributed by atoms with E-state index in [1.54, 1.807) is 51.1 Å². The summed E-state index contributed by atoms with van der Waals surface area (Å²) in [7, 11) is -3.11. The van der Waals surface area contributed by atoms with E-state index >= 15 is 0 Å².